The fourth-order valence-electron chi connectivity index (χ4n) is 1.64. The van der Waals surface area contributed by atoms with E-state index in [1.165, 1.54) is 0 Å². The average Bonchev–Trinajstić information content (AvgIpc) is 1.80. The van der Waals surface area contributed by atoms with Gasteiger partial charge in [0, 0.05) is 5.41 Å². The number of carboxylic acid groups (broad SMARTS) is 1. The summed E-state index contributed by atoms with van der Waals surface area (Å²) in [6.45, 7) is 6.89. The Bertz CT molecular complexity index is 215. The summed E-state index contributed by atoms with van der Waals surface area (Å²) in [5.41, 5.74) is 5.12. The minimum Gasteiger partial charge on any atom is -0.480 e. The van der Waals surface area contributed by atoms with Gasteiger partial charge in [0.05, 0.1) is 13.2 Å². The normalized spacial score (nSPS) is 23.4. The molecule has 0 bridgehead atoms. The summed E-state index contributed by atoms with van der Waals surface area (Å²) in [7, 11) is 0. The molecule has 0 aromatic rings. The van der Waals surface area contributed by atoms with E-state index in [1.54, 1.807) is 0 Å². The number of hydrogen-bond donors (Lipinski definition) is 2. The summed E-state index contributed by atoms with van der Waals surface area (Å²) in [5.74, 6) is -0.946. The topological polar surface area (TPSA) is 72.6 Å². The van der Waals surface area contributed by atoms with Gasteiger partial charge in [-0.05, 0) is 5.41 Å². The van der Waals surface area contributed by atoms with Crippen molar-refractivity contribution in [2.75, 3.05) is 13.2 Å². The first kappa shape index (κ1) is 10.5. The molecule has 0 aromatic carbocycles. The molecule has 1 atom stereocenters. The Morgan fingerprint density at radius 2 is 2.00 bits per heavy atom. The molecule has 0 aromatic heterocycles. The molecule has 1 unspecified atom stereocenters. The van der Waals surface area contributed by atoms with E-state index in [0.29, 0.717) is 13.2 Å². The minimum absolute atomic E-state index is 0.136. The second kappa shape index (κ2) is 2.96. The monoisotopic (exact) mass is 187 g/mol. The molecule has 0 radical (unpaired) electrons. The van der Waals surface area contributed by atoms with Gasteiger partial charge in [-0.3, -0.25) is 4.79 Å². The lowest BCUT2D eigenvalue weighted by atomic mass is 9.61. The zero-order valence-electron chi connectivity index (χ0n) is 8.33. The summed E-state index contributed by atoms with van der Waals surface area (Å²) in [6, 6.07) is -0.832. The Morgan fingerprint density at radius 1 is 1.54 bits per heavy atom. The highest BCUT2D eigenvalue weighted by atomic mass is 16.5. The SMILES string of the molecule is CC(C)(C)C1(C(N)C(=O)O)COC1. The van der Waals surface area contributed by atoms with Crippen LogP contribution in [0.15, 0.2) is 0 Å². The van der Waals surface area contributed by atoms with E-state index in [4.69, 9.17) is 15.6 Å². The molecule has 13 heavy (non-hydrogen) atoms. The van der Waals surface area contributed by atoms with E-state index in [0.717, 1.165) is 0 Å². The molecule has 1 saturated heterocycles. The van der Waals surface area contributed by atoms with Gasteiger partial charge in [-0.15, -0.1) is 0 Å². The van der Waals surface area contributed by atoms with Gasteiger partial charge in [0.25, 0.3) is 0 Å². The highest BCUT2D eigenvalue weighted by Gasteiger charge is 2.55. The second-order valence-corrected chi connectivity index (χ2v) is 4.71. The molecule has 1 aliphatic rings. The lowest BCUT2D eigenvalue weighted by Gasteiger charge is -2.52. The molecule has 1 fully saturated rings. The van der Waals surface area contributed by atoms with E-state index in [9.17, 15) is 4.79 Å². The summed E-state index contributed by atoms with van der Waals surface area (Å²) in [5, 5.41) is 8.87. The van der Waals surface area contributed by atoms with Gasteiger partial charge in [0.15, 0.2) is 0 Å². The maximum Gasteiger partial charge on any atom is 0.321 e. The Balaban J connectivity index is 2.88. The van der Waals surface area contributed by atoms with Crippen molar-refractivity contribution in [1.82, 2.24) is 0 Å². The Kier molecular flexibility index (Phi) is 2.38. The molecule has 0 amide bonds. The number of ether oxygens (including phenoxy) is 1. The zero-order valence-corrected chi connectivity index (χ0v) is 8.33. The fourth-order valence-corrected chi connectivity index (χ4v) is 1.64. The molecule has 0 saturated carbocycles. The summed E-state index contributed by atoms with van der Waals surface area (Å²) in [6.07, 6.45) is 0. The van der Waals surface area contributed by atoms with E-state index >= 15 is 0 Å². The second-order valence-electron chi connectivity index (χ2n) is 4.71. The molecule has 1 aliphatic heterocycles. The molecule has 4 heteroatoms. The molecule has 0 spiro atoms. The van der Waals surface area contributed by atoms with Crippen LogP contribution in [0.25, 0.3) is 0 Å². The predicted octanol–water partition coefficient (Wildman–Crippen LogP) is 0.461. The van der Waals surface area contributed by atoms with Crippen molar-refractivity contribution in [1.29, 1.82) is 0 Å². The van der Waals surface area contributed by atoms with Crippen LogP contribution >= 0.6 is 0 Å². The molecule has 76 valence electrons. The Hall–Kier alpha value is -0.610. The average molecular weight is 187 g/mol. The minimum atomic E-state index is -0.946. The lowest BCUT2D eigenvalue weighted by Crippen LogP contribution is -2.64. The van der Waals surface area contributed by atoms with Crippen molar-refractivity contribution in [2.24, 2.45) is 16.6 Å². The molecule has 1 rings (SSSR count). The van der Waals surface area contributed by atoms with Crippen molar-refractivity contribution in [3.63, 3.8) is 0 Å². The summed E-state index contributed by atoms with van der Waals surface area (Å²) < 4.78 is 5.09. The van der Waals surface area contributed by atoms with E-state index in [2.05, 4.69) is 0 Å². The third kappa shape index (κ3) is 1.44. The maximum atomic E-state index is 10.8. The van der Waals surface area contributed by atoms with Crippen molar-refractivity contribution in [2.45, 2.75) is 26.8 Å². The van der Waals surface area contributed by atoms with E-state index in [-0.39, 0.29) is 5.41 Å². The van der Waals surface area contributed by atoms with Gasteiger partial charge in [0.1, 0.15) is 6.04 Å². The van der Waals surface area contributed by atoms with Crippen LogP contribution in [0, 0.1) is 10.8 Å². The molecular weight excluding hydrogens is 170 g/mol. The van der Waals surface area contributed by atoms with Crippen LogP contribution in [-0.4, -0.2) is 30.3 Å². The molecule has 3 N–H and O–H groups in total. The zero-order chi connectivity index (χ0) is 10.3. The van der Waals surface area contributed by atoms with Gasteiger partial charge in [0.2, 0.25) is 0 Å². The molecule has 1 heterocycles. The van der Waals surface area contributed by atoms with Crippen LogP contribution in [0.2, 0.25) is 0 Å². The van der Waals surface area contributed by atoms with Crippen molar-refractivity contribution < 1.29 is 14.6 Å². The van der Waals surface area contributed by atoms with Crippen LogP contribution in [0.4, 0.5) is 0 Å². The van der Waals surface area contributed by atoms with Crippen LogP contribution in [0.1, 0.15) is 20.8 Å². The van der Waals surface area contributed by atoms with Crippen LogP contribution in [0.5, 0.6) is 0 Å². The van der Waals surface area contributed by atoms with Gasteiger partial charge in [-0.25, -0.2) is 0 Å². The fraction of sp³-hybridized carbons (Fsp3) is 0.889. The first-order valence-corrected chi connectivity index (χ1v) is 4.37. The number of nitrogens with two attached hydrogens (primary N) is 1. The third-order valence-electron chi connectivity index (χ3n) is 3.07. The smallest absolute Gasteiger partial charge is 0.321 e. The van der Waals surface area contributed by atoms with Crippen LogP contribution < -0.4 is 5.73 Å². The number of hydrogen-bond acceptors (Lipinski definition) is 3. The molecule has 0 aliphatic carbocycles. The highest BCUT2D eigenvalue weighted by molar-refractivity contribution is 5.74. The predicted molar refractivity (Wildman–Crippen MR) is 48.3 cm³/mol. The van der Waals surface area contributed by atoms with Crippen molar-refractivity contribution in [3.05, 3.63) is 0 Å². The van der Waals surface area contributed by atoms with Gasteiger partial charge in [-0.1, -0.05) is 20.8 Å². The van der Waals surface area contributed by atoms with E-state index in [1.807, 2.05) is 20.8 Å². The number of aliphatic carboxylic acids is 1. The van der Waals surface area contributed by atoms with Gasteiger partial charge >= 0.3 is 5.97 Å². The number of carboxylic acids is 1. The van der Waals surface area contributed by atoms with Crippen LogP contribution in [-0.2, 0) is 9.53 Å². The number of rotatable bonds is 2. The largest absolute Gasteiger partial charge is 0.480 e. The maximum absolute atomic E-state index is 10.8. The first-order valence-electron chi connectivity index (χ1n) is 4.37. The van der Waals surface area contributed by atoms with E-state index < -0.39 is 17.4 Å². The summed E-state index contributed by atoms with van der Waals surface area (Å²) in [4.78, 5) is 10.8. The quantitative estimate of drug-likeness (QED) is 0.658. The van der Waals surface area contributed by atoms with Crippen molar-refractivity contribution in [3.8, 4) is 0 Å². The summed E-state index contributed by atoms with van der Waals surface area (Å²) >= 11 is 0. The molecule has 4 nitrogen and oxygen atoms in total. The highest BCUT2D eigenvalue weighted by Crippen LogP contribution is 2.46. The third-order valence-corrected chi connectivity index (χ3v) is 3.07. The Morgan fingerprint density at radius 3 is 2.08 bits per heavy atom. The molecular formula is C9H17NO3. The Labute approximate surface area is 78.1 Å². The first-order chi connectivity index (χ1) is 5.81. The van der Waals surface area contributed by atoms with Crippen LogP contribution in [0.3, 0.4) is 0 Å². The standard InChI is InChI=1S/C9H17NO3/c1-8(2,3)9(4-13-5-9)6(10)7(11)12/h6H,4-5,10H2,1-3H3,(H,11,12). The van der Waals surface area contributed by atoms with Gasteiger partial charge < -0.3 is 15.6 Å². The van der Waals surface area contributed by atoms with Crippen molar-refractivity contribution >= 4 is 5.97 Å². The lowest BCUT2D eigenvalue weighted by molar-refractivity contribution is -0.194. The number of carbonyl (C=O) groups is 1. The van der Waals surface area contributed by atoms with Gasteiger partial charge in [-0.2, -0.15) is 0 Å².